The van der Waals surface area contributed by atoms with Crippen molar-refractivity contribution >= 4 is 21.6 Å². The van der Waals surface area contributed by atoms with Crippen molar-refractivity contribution in [3.05, 3.63) is 27.6 Å². The van der Waals surface area contributed by atoms with Gasteiger partial charge in [0.15, 0.2) is 0 Å². The first-order valence-corrected chi connectivity index (χ1v) is 7.46. The lowest BCUT2D eigenvalue weighted by Crippen LogP contribution is -2.30. The number of hydrogen-bond acceptors (Lipinski definition) is 5. The molecule has 0 aromatic carbocycles. The number of aromatic nitrogens is 2. The van der Waals surface area contributed by atoms with Crippen LogP contribution < -0.4 is 10.9 Å². The van der Waals surface area contributed by atoms with Crippen molar-refractivity contribution in [3.8, 4) is 0 Å². The van der Waals surface area contributed by atoms with E-state index < -0.39 is 0 Å². The summed E-state index contributed by atoms with van der Waals surface area (Å²) in [6.45, 7) is 3.27. The fourth-order valence-corrected chi connectivity index (χ4v) is 3.09. The first-order valence-electron chi connectivity index (χ1n) is 6.58. The summed E-state index contributed by atoms with van der Waals surface area (Å²) in [7, 11) is 0. The second kappa shape index (κ2) is 5.81. The van der Waals surface area contributed by atoms with Gasteiger partial charge in [-0.25, -0.2) is 4.98 Å². The summed E-state index contributed by atoms with van der Waals surface area (Å²) in [6, 6.07) is 1.87. The zero-order valence-corrected chi connectivity index (χ0v) is 11.5. The second-order valence-corrected chi connectivity index (χ2v) is 5.77. The predicted molar refractivity (Wildman–Crippen MR) is 75.5 cm³/mol. The van der Waals surface area contributed by atoms with E-state index >= 15 is 0 Å². The number of aromatic amines is 1. The minimum absolute atomic E-state index is 0.0690. The van der Waals surface area contributed by atoms with Crippen LogP contribution in [-0.2, 0) is 11.3 Å². The van der Waals surface area contributed by atoms with Crippen molar-refractivity contribution in [2.24, 2.45) is 5.92 Å². The van der Waals surface area contributed by atoms with E-state index in [9.17, 15) is 4.79 Å². The van der Waals surface area contributed by atoms with Crippen LogP contribution >= 0.6 is 11.3 Å². The zero-order chi connectivity index (χ0) is 13.1. The lowest BCUT2D eigenvalue weighted by Gasteiger charge is -2.22. The Bertz CT molecular complexity index is 601. The van der Waals surface area contributed by atoms with Gasteiger partial charge in [0.1, 0.15) is 17.1 Å². The van der Waals surface area contributed by atoms with Crippen molar-refractivity contribution in [2.75, 3.05) is 19.7 Å². The average molecular weight is 279 g/mol. The third-order valence-electron chi connectivity index (χ3n) is 3.41. The fraction of sp³-hybridized carbons (Fsp3) is 0.538. The van der Waals surface area contributed by atoms with Gasteiger partial charge >= 0.3 is 0 Å². The molecule has 0 aliphatic carbocycles. The molecule has 0 bridgehead atoms. The lowest BCUT2D eigenvalue weighted by atomic mass is 9.99. The molecule has 3 heterocycles. The summed E-state index contributed by atoms with van der Waals surface area (Å²) in [5, 5.41) is 5.21. The van der Waals surface area contributed by atoms with Crippen LogP contribution in [0.25, 0.3) is 10.2 Å². The molecule has 102 valence electrons. The first-order chi connectivity index (χ1) is 9.33. The third-order valence-corrected chi connectivity index (χ3v) is 4.32. The van der Waals surface area contributed by atoms with E-state index in [1.165, 1.54) is 11.3 Å². The van der Waals surface area contributed by atoms with Gasteiger partial charge in [0.25, 0.3) is 5.56 Å². The van der Waals surface area contributed by atoms with Gasteiger partial charge in [0.2, 0.25) is 0 Å². The second-order valence-electron chi connectivity index (χ2n) is 4.86. The Kier molecular flexibility index (Phi) is 3.91. The number of H-pyrrole nitrogens is 1. The molecule has 2 aromatic heterocycles. The maximum atomic E-state index is 11.8. The number of rotatable bonds is 4. The summed E-state index contributed by atoms with van der Waals surface area (Å²) in [6.07, 6.45) is 2.32. The van der Waals surface area contributed by atoms with Crippen molar-refractivity contribution in [3.63, 3.8) is 0 Å². The maximum Gasteiger partial charge on any atom is 0.268 e. The fourth-order valence-electron chi connectivity index (χ4n) is 2.36. The molecule has 0 radical (unpaired) electrons. The van der Waals surface area contributed by atoms with Crippen LogP contribution in [0.2, 0.25) is 0 Å². The normalized spacial score (nSPS) is 17.1. The smallest absolute Gasteiger partial charge is 0.268 e. The van der Waals surface area contributed by atoms with Gasteiger partial charge in [0.05, 0.1) is 12.1 Å². The number of hydrogen-bond donors (Lipinski definition) is 2. The van der Waals surface area contributed by atoms with E-state index in [-0.39, 0.29) is 5.56 Å². The zero-order valence-electron chi connectivity index (χ0n) is 10.6. The van der Waals surface area contributed by atoms with Crippen molar-refractivity contribution in [2.45, 2.75) is 19.4 Å². The van der Waals surface area contributed by atoms with E-state index in [1.807, 2.05) is 11.4 Å². The first kappa shape index (κ1) is 12.8. The lowest BCUT2D eigenvalue weighted by molar-refractivity contribution is 0.0724. The highest BCUT2D eigenvalue weighted by Gasteiger charge is 2.13. The van der Waals surface area contributed by atoms with E-state index in [2.05, 4.69) is 15.3 Å². The molecule has 1 aliphatic rings. The molecular formula is C13H17N3O2S. The Morgan fingerprint density at radius 2 is 2.26 bits per heavy atom. The number of ether oxygens (including phenoxy) is 1. The van der Waals surface area contributed by atoms with Crippen LogP contribution in [0.15, 0.2) is 16.2 Å². The van der Waals surface area contributed by atoms with Crippen molar-refractivity contribution in [1.82, 2.24) is 15.3 Å². The van der Waals surface area contributed by atoms with E-state index in [1.54, 1.807) is 0 Å². The third kappa shape index (κ3) is 3.02. The summed E-state index contributed by atoms with van der Waals surface area (Å²) in [5.41, 5.74) is 0.690. The van der Waals surface area contributed by atoms with Gasteiger partial charge in [0, 0.05) is 0 Å². The molecule has 1 fully saturated rings. The Hall–Kier alpha value is -1.24. The summed E-state index contributed by atoms with van der Waals surface area (Å²) in [5.74, 6) is 1.24. The molecule has 0 unspecified atom stereocenters. The molecule has 2 aromatic rings. The molecule has 0 atom stereocenters. The Morgan fingerprint density at radius 3 is 3.11 bits per heavy atom. The van der Waals surface area contributed by atoms with E-state index in [0.717, 1.165) is 38.1 Å². The van der Waals surface area contributed by atoms with Crippen LogP contribution in [0.3, 0.4) is 0 Å². The molecule has 2 N–H and O–H groups in total. The number of fused-ring (bicyclic) bond motifs is 1. The SMILES string of the molecule is O=c1[nH]c(COCC2CCNCC2)nc2ccsc12. The minimum atomic E-state index is -0.0690. The maximum absolute atomic E-state index is 11.8. The highest BCUT2D eigenvalue weighted by molar-refractivity contribution is 7.17. The molecule has 0 amide bonds. The summed E-state index contributed by atoms with van der Waals surface area (Å²) >= 11 is 1.42. The molecule has 0 saturated carbocycles. The van der Waals surface area contributed by atoms with Gasteiger partial charge in [-0.05, 0) is 43.3 Å². The van der Waals surface area contributed by atoms with Crippen LogP contribution in [-0.4, -0.2) is 29.7 Å². The van der Waals surface area contributed by atoms with E-state index in [0.29, 0.717) is 23.0 Å². The van der Waals surface area contributed by atoms with E-state index in [4.69, 9.17) is 4.74 Å². The Balaban J connectivity index is 1.60. The molecule has 19 heavy (non-hydrogen) atoms. The quantitative estimate of drug-likeness (QED) is 0.890. The standard InChI is InChI=1S/C13H17N3O2S/c17-13-12-10(3-6-19-12)15-11(16-13)8-18-7-9-1-4-14-5-2-9/h3,6,9,14H,1-2,4-5,7-8H2,(H,15,16,17). The monoisotopic (exact) mass is 279 g/mol. The molecule has 3 rings (SSSR count). The molecule has 6 heteroatoms. The Labute approximate surface area is 115 Å². The summed E-state index contributed by atoms with van der Waals surface area (Å²) in [4.78, 5) is 19.0. The highest BCUT2D eigenvalue weighted by atomic mass is 32.1. The number of thiophene rings is 1. The predicted octanol–water partition coefficient (Wildman–Crippen LogP) is 1.50. The minimum Gasteiger partial charge on any atom is -0.373 e. The topological polar surface area (TPSA) is 67.0 Å². The van der Waals surface area contributed by atoms with Crippen molar-refractivity contribution < 1.29 is 4.74 Å². The molecule has 0 spiro atoms. The van der Waals surface area contributed by atoms with Gasteiger partial charge in [-0.1, -0.05) is 0 Å². The van der Waals surface area contributed by atoms with Crippen LogP contribution in [0.1, 0.15) is 18.7 Å². The van der Waals surface area contributed by atoms with Crippen molar-refractivity contribution in [1.29, 1.82) is 0 Å². The Morgan fingerprint density at radius 1 is 1.42 bits per heavy atom. The van der Waals surface area contributed by atoms with Gasteiger partial charge < -0.3 is 15.0 Å². The average Bonchev–Trinajstić information content (AvgIpc) is 2.89. The van der Waals surface area contributed by atoms with Gasteiger partial charge in [-0.2, -0.15) is 0 Å². The largest absolute Gasteiger partial charge is 0.373 e. The van der Waals surface area contributed by atoms with Gasteiger partial charge in [-0.3, -0.25) is 4.79 Å². The molecule has 1 saturated heterocycles. The molecular weight excluding hydrogens is 262 g/mol. The number of piperidine rings is 1. The van der Waals surface area contributed by atoms with Gasteiger partial charge in [-0.15, -0.1) is 11.3 Å². The molecule has 5 nitrogen and oxygen atoms in total. The molecule has 1 aliphatic heterocycles. The van der Waals surface area contributed by atoms with Crippen LogP contribution in [0.4, 0.5) is 0 Å². The number of nitrogens with one attached hydrogen (secondary N) is 2. The highest BCUT2D eigenvalue weighted by Crippen LogP contribution is 2.15. The number of nitrogens with zero attached hydrogens (tertiary/aromatic N) is 1. The van der Waals surface area contributed by atoms with Crippen LogP contribution in [0, 0.1) is 5.92 Å². The van der Waals surface area contributed by atoms with Crippen LogP contribution in [0.5, 0.6) is 0 Å². The summed E-state index contributed by atoms with van der Waals surface area (Å²) < 4.78 is 6.37.